The summed E-state index contributed by atoms with van der Waals surface area (Å²) in [6, 6.07) is 18.1. The Hall–Kier alpha value is -2.76. The van der Waals surface area contributed by atoms with E-state index in [1.165, 1.54) is 0 Å². The van der Waals surface area contributed by atoms with Crippen LogP contribution in [0.2, 0.25) is 10.0 Å². The zero-order chi connectivity index (χ0) is 24.7. The second-order valence-electron chi connectivity index (χ2n) is 8.60. The van der Waals surface area contributed by atoms with Gasteiger partial charge in [-0.3, -0.25) is 9.59 Å². The highest BCUT2D eigenvalue weighted by Gasteiger charge is 2.29. The molecule has 3 rings (SSSR count). The first kappa shape index (κ1) is 25.9. The molecule has 0 aliphatic carbocycles. The van der Waals surface area contributed by atoms with E-state index in [9.17, 15) is 9.59 Å². The summed E-state index contributed by atoms with van der Waals surface area (Å²) in [5.41, 5.74) is 0.781. The number of nitrogens with one attached hydrogen (secondary N) is 1. The lowest BCUT2D eigenvalue weighted by Crippen LogP contribution is -2.50. The normalized spacial score (nSPS) is 11.9. The van der Waals surface area contributed by atoms with Gasteiger partial charge in [0.1, 0.15) is 11.8 Å². The molecule has 0 saturated heterocycles. The van der Waals surface area contributed by atoms with Crippen molar-refractivity contribution in [3.8, 4) is 5.75 Å². The van der Waals surface area contributed by atoms with Gasteiger partial charge in [-0.05, 0) is 41.5 Å². The lowest BCUT2D eigenvalue weighted by atomic mass is 10.1. The van der Waals surface area contributed by atoms with Crippen LogP contribution in [-0.4, -0.2) is 35.9 Å². The highest BCUT2D eigenvalue weighted by atomic mass is 35.5. The van der Waals surface area contributed by atoms with Gasteiger partial charge < -0.3 is 15.0 Å². The van der Waals surface area contributed by atoms with E-state index in [0.29, 0.717) is 34.7 Å². The third-order valence-electron chi connectivity index (χ3n) is 5.51. The van der Waals surface area contributed by atoms with Crippen molar-refractivity contribution in [1.82, 2.24) is 10.2 Å². The molecule has 0 bridgehead atoms. The van der Waals surface area contributed by atoms with Crippen LogP contribution in [0.5, 0.6) is 5.75 Å². The number of rotatable bonds is 10. The number of carbonyl (C=O) groups is 2. The van der Waals surface area contributed by atoms with Crippen molar-refractivity contribution in [3.63, 3.8) is 0 Å². The Kier molecular flexibility index (Phi) is 9.20. The van der Waals surface area contributed by atoms with Crippen LogP contribution in [0.1, 0.15) is 32.8 Å². The first-order valence-corrected chi connectivity index (χ1v) is 12.2. The molecule has 0 radical (unpaired) electrons. The van der Waals surface area contributed by atoms with E-state index in [0.717, 1.165) is 16.3 Å². The molecule has 1 N–H and O–H groups in total. The van der Waals surface area contributed by atoms with Gasteiger partial charge in [0, 0.05) is 18.5 Å². The Morgan fingerprint density at radius 1 is 1.00 bits per heavy atom. The van der Waals surface area contributed by atoms with Gasteiger partial charge in [0.25, 0.3) is 5.91 Å². The molecule has 0 fully saturated rings. The van der Waals surface area contributed by atoms with Gasteiger partial charge in [-0.1, -0.05) is 86.4 Å². The van der Waals surface area contributed by atoms with Gasteiger partial charge in [0.05, 0.1) is 10.0 Å². The molecule has 0 heterocycles. The van der Waals surface area contributed by atoms with Gasteiger partial charge in [-0.15, -0.1) is 0 Å². The Balaban J connectivity index is 1.83. The molecule has 0 aliphatic rings. The van der Waals surface area contributed by atoms with Crippen LogP contribution in [-0.2, 0) is 16.1 Å². The van der Waals surface area contributed by atoms with E-state index in [2.05, 4.69) is 5.32 Å². The van der Waals surface area contributed by atoms with Crippen molar-refractivity contribution in [3.05, 3.63) is 76.3 Å². The van der Waals surface area contributed by atoms with Gasteiger partial charge in [0.2, 0.25) is 5.91 Å². The summed E-state index contributed by atoms with van der Waals surface area (Å²) in [7, 11) is 0. The minimum Gasteiger partial charge on any atom is -0.483 e. The largest absolute Gasteiger partial charge is 0.483 e. The zero-order valence-corrected chi connectivity index (χ0v) is 21.2. The van der Waals surface area contributed by atoms with E-state index in [1.807, 2.05) is 63.2 Å². The van der Waals surface area contributed by atoms with E-state index in [-0.39, 0.29) is 25.0 Å². The summed E-state index contributed by atoms with van der Waals surface area (Å²) in [4.78, 5) is 28.0. The molecule has 0 aromatic heterocycles. The van der Waals surface area contributed by atoms with Crippen molar-refractivity contribution in [2.75, 3.05) is 13.2 Å². The standard InChI is InChI=1S/C27H30Cl2N2O3/c1-4-24(27(33)30-15-18(2)3)31(16-19-12-13-22(28)23(29)14-19)26(32)17-34-25-11-7-9-20-8-5-6-10-21(20)25/h5-14,18,24H,4,15-17H2,1-3H3,(H,30,33)/t24-/m0/s1. The monoisotopic (exact) mass is 500 g/mol. The summed E-state index contributed by atoms with van der Waals surface area (Å²) in [5, 5.41) is 5.74. The maximum Gasteiger partial charge on any atom is 0.261 e. The molecule has 0 spiro atoms. The predicted octanol–water partition coefficient (Wildman–Crippen LogP) is 6.11. The van der Waals surface area contributed by atoms with Crippen molar-refractivity contribution in [2.45, 2.75) is 39.8 Å². The Morgan fingerprint density at radius 3 is 2.44 bits per heavy atom. The van der Waals surface area contributed by atoms with E-state index in [4.69, 9.17) is 27.9 Å². The number of fused-ring (bicyclic) bond motifs is 1. The maximum atomic E-state index is 13.4. The average Bonchev–Trinajstić information content (AvgIpc) is 2.83. The van der Waals surface area contributed by atoms with Crippen molar-refractivity contribution in [1.29, 1.82) is 0 Å². The Bertz CT molecular complexity index is 1140. The molecule has 5 nitrogen and oxygen atoms in total. The van der Waals surface area contributed by atoms with Gasteiger partial charge in [-0.25, -0.2) is 0 Å². The number of halogens is 2. The fraction of sp³-hybridized carbons (Fsp3) is 0.333. The first-order chi connectivity index (χ1) is 16.3. The highest BCUT2D eigenvalue weighted by molar-refractivity contribution is 6.42. The second-order valence-corrected chi connectivity index (χ2v) is 9.41. The molecular formula is C27H30Cl2N2O3. The minimum atomic E-state index is -0.642. The lowest BCUT2D eigenvalue weighted by Gasteiger charge is -2.31. The molecule has 0 unspecified atom stereocenters. The summed E-state index contributed by atoms with van der Waals surface area (Å²) >= 11 is 12.3. The first-order valence-electron chi connectivity index (χ1n) is 11.4. The molecule has 2 amide bonds. The van der Waals surface area contributed by atoms with Crippen LogP contribution in [0.3, 0.4) is 0 Å². The molecule has 1 atom stereocenters. The van der Waals surface area contributed by atoms with Crippen molar-refractivity contribution in [2.24, 2.45) is 5.92 Å². The number of hydrogen-bond acceptors (Lipinski definition) is 3. The SMILES string of the molecule is CC[C@@H](C(=O)NCC(C)C)N(Cc1ccc(Cl)c(Cl)c1)C(=O)COc1cccc2ccccc12. The number of benzene rings is 3. The van der Waals surface area contributed by atoms with Crippen LogP contribution in [0.4, 0.5) is 0 Å². The summed E-state index contributed by atoms with van der Waals surface area (Å²) in [6.07, 6.45) is 0.464. The van der Waals surface area contributed by atoms with E-state index >= 15 is 0 Å². The summed E-state index contributed by atoms with van der Waals surface area (Å²) in [5.74, 6) is 0.453. The topological polar surface area (TPSA) is 58.6 Å². The molecule has 3 aromatic carbocycles. The van der Waals surface area contributed by atoms with Gasteiger partial charge in [0.15, 0.2) is 6.61 Å². The van der Waals surface area contributed by atoms with Crippen LogP contribution < -0.4 is 10.1 Å². The molecule has 7 heteroatoms. The lowest BCUT2D eigenvalue weighted by molar-refractivity contribution is -0.143. The number of nitrogens with zero attached hydrogens (tertiary/aromatic N) is 1. The van der Waals surface area contributed by atoms with Crippen LogP contribution in [0, 0.1) is 5.92 Å². The number of carbonyl (C=O) groups excluding carboxylic acids is 2. The van der Waals surface area contributed by atoms with E-state index in [1.54, 1.807) is 23.1 Å². The third kappa shape index (κ3) is 6.64. The number of ether oxygens (including phenoxy) is 1. The van der Waals surface area contributed by atoms with Gasteiger partial charge >= 0.3 is 0 Å². The van der Waals surface area contributed by atoms with Crippen molar-refractivity contribution >= 4 is 45.8 Å². The Labute approximate surface area is 211 Å². The number of amides is 2. The third-order valence-corrected chi connectivity index (χ3v) is 6.25. The molecule has 34 heavy (non-hydrogen) atoms. The van der Waals surface area contributed by atoms with Crippen LogP contribution in [0.15, 0.2) is 60.7 Å². The summed E-state index contributed by atoms with van der Waals surface area (Å²) < 4.78 is 5.95. The fourth-order valence-electron chi connectivity index (χ4n) is 3.72. The molecule has 0 aliphatic heterocycles. The van der Waals surface area contributed by atoms with Gasteiger partial charge in [-0.2, -0.15) is 0 Å². The van der Waals surface area contributed by atoms with Crippen molar-refractivity contribution < 1.29 is 14.3 Å². The maximum absolute atomic E-state index is 13.4. The zero-order valence-electron chi connectivity index (χ0n) is 19.7. The molecular weight excluding hydrogens is 471 g/mol. The smallest absolute Gasteiger partial charge is 0.261 e. The summed E-state index contributed by atoms with van der Waals surface area (Å²) in [6.45, 7) is 6.50. The number of hydrogen-bond donors (Lipinski definition) is 1. The molecule has 180 valence electrons. The van der Waals surface area contributed by atoms with Crippen LogP contribution >= 0.6 is 23.2 Å². The quantitative estimate of drug-likeness (QED) is 0.365. The van der Waals surface area contributed by atoms with E-state index < -0.39 is 6.04 Å². The second kappa shape index (κ2) is 12.1. The van der Waals surface area contributed by atoms with Crippen LogP contribution in [0.25, 0.3) is 10.8 Å². The fourth-order valence-corrected chi connectivity index (χ4v) is 4.04. The molecule has 3 aromatic rings. The Morgan fingerprint density at radius 2 is 1.74 bits per heavy atom. The average molecular weight is 501 g/mol. The highest BCUT2D eigenvalue weighted by Crippen LogP contribution is 2.26. The predicted molar refractivity (Wildman–Crippen MR) is 138 cm³/mol. The minimum absolute atomic E-state index is 0.185. The molecule has 0 saturated carbocycles.